The summed E-state index contributed by atoms with van der Waals surface area (Å²) in [6, 6.07) is 6.09. The lowest BCUT2D eigenvalue weighted by Gasteiger charge is -2.37. The Balaban J connectivity index is 1.95. The minimum Gasteiger partial charge on any atom is -0.454 e. The summed E-state index contributed by atoms with van der Waals surface area (Å²) in [7, 11) is 0. The van der Waals surface area contributed by atoms with E-state index >= 15 is 0 Å². The average Bonchev–Trinajstić information content (AvgIpc) is 2.98. The van der Waals surface area contributed by atoms with E-state index in [1.54, 1.807) is 0 Å². The molecule has 2 aliphatic rings. The third-order valence-corrected chi connectivity index (χ3v) is 3.96. The first-order valence-corrected chi connectivity index (χ1v) is 6.98. The zero-order valence-corrected chi connectivity index (χ0v) is 12.2. The fraction of sp³-hybridized carbons (Fsp3) is 0.533. The van der Waals surface area contributed by atoms with Gasteiger partial charge in [0.1, 0.15) is 0 Å². The van der Waals surface area contributed by atoms with Crippen molar-refractivity contribution in [3.05, 3.63) is 23.8 Å². The molecule has 0 saturated heterocycles. The second-order valence-electron chi connectivity index (χ2n) is 6.02. The van der Waals surface area contributed by atoms with Gasteiger partial charge in [0.2, 0.25) is 6.79 Å². The van der Waals surface area contributed by atoms with Gasteiger partial charge >= 0.3 is 0 Å². The molecular weight excluding hydrogens is 254 g/mol. The van der Waals surface area contributed by atoms with Gasteiger partial charge in [-0.05, 0) is 30.5 Å². The molecule has 0 aromatic heterocycles. The molecule has 20 heavy (non-hydrogen) atoms. The van der Waals surface area contributed by atoms with E-state index in [1.165, 1.54) is 0 Å². The molecule has 1 atom stereocenters. The number of ether oxygens (including phenoxy) is 2. The minimum absolute atomic E-state index is 0.213. The Hall–Kier alpha value is -1.91. The van der Waals surface area contributed by atoms with Crippen LogP contribution in [0.15, 0.2) is 23.2 Å². The number of aliphatic imine (C=N–C) groups is 1. The monoisotopic (exact) mass is 275 g/mol. The highest BCUT2D eigenvalue weighted by atomic mass is 16.7. The molecule has 3 rings (SSSR count). The number of nitrogens with zero attached hydrogens (tertiary/aromatic N) is 2. The van der Waals surface area contributed by atoms with Crippen LogP contribution in [0.4, 0.5) is 0 Å². The minimum atomic E-state index is -0.213. The van der Waals surface area contributed by atoms with Gasteiger partial charge in [-0.3, -0.25) is 4.99 Å². The van der Waals surface area contributed by atoms with Crippen LogP contribution in [-0.2, 0) is 5.54 Å². The van der Waals surface area contributed by atoms with Crippen molar-refractivity contribution < 1.29 is 9.47 Å². The lowest BCUT2D eigenvalue weighted by atomic mass is 9.90. The second-order valence-corrected chi connectivity index (χ2v) is 6.02. The van der Waals surface area contributed by atoms with Gasteiger partial charge in [-0.1, -0.05) is 19.9 Å². The van der Waals surface area contributed by atoms with Gasteiger partial charge in [0, 0.05) is 6.54 Å². The predicted molar refractivity (Wildman–Crippen MR) is 78.0 cm³/mol. The summed E-state index contributed by atoms with van der Waals surface area (Å²) in [6.07, 6.45) is 0. The summed E-state index contributed by atoms with van der Waals surface area (Å²) >= 11 is 0. The summed E-state index contributed by atoms with van der Waals surface area (Å²) in [5.41, 5.74) is 7.02. The number of guanidine groups is 1. The lowest BCUT2D eigenvalue weighted by Crippen LogP contribution is -2.48. The van der Waals surface area contributed by atoms with Crippen molar-refractivity contribution in [2.45, 2.75) is 26.3 Å². The van der Waals surface area contributed by atoms with Gasteiger partial charge in [-0.2, -0.15) is 0 Å². The molecule has 2 N–H and O–H groups in total. The Kier molecular flexibility index (Phi) is 3.00. The zero-order chi connectivity index (χ0) is 14.3. The van der Waals surface area contributed by atoms with Crippen molar-refractivity contribution in [2.75, 3.05) is 19.9 Å². The lowest BCUT2D eigenvalue weighted by molar-refractivity contribution is 0.173. The molecule has 0 bridgehead atoms. The van der Waals surface area contributed by atoms with Crippen molar-refractivity contribution in [3.63, 3.8) is 0 Å². The maximum absolute atomic E-state index is 6.07. The molecule has 0 amide bonds. The van der Waals surface area contributed by atoms with E-state index in [0.717, 1.165) is 23.6 Å². The summed E-state index contributed by atoms with van der Waals surface area (Å²) in [5, 5.41) is 0. The molecule has 108 valence electrons. The first-order valence-electron chi connectivity index (χ1n) is 6.98. The Morgan fingerprint density at radius 2 is 2.10 bits per heavy atom. The fourth-order valence-electron chi connectivity index (χ4n) is 2.80. The van der Waals surface area contributed by atoms with Gasteiger partial charge in [-0.25, -0.2) is 0 Å². The quantitative estimate of drug-likeness (QED) is 0.915. The van der Waals surface area contributed by atoms with Crippen molar-refractivity contribution in [3.8, 4) is 11.5 Å². The molecule has 1 unspecified atom stereocenters. The van der Waals surface area contributed by atoms with Crippen molar-refractivity contribution in [2.24, 2.45) is 16.6 Å². The normalized spacial score (nSPS) is 24.4. The van der Waals surface area contributed by atoms with Crippen molar-refractivity contribution in [1.82, 2.24) is 4.90 Å². The summed E-state index contributed by atoms with van der Waals surface area (Å²) < 4.78 is 10.8. The van der Waals surface area contributed by atoms with Crippen LogP contribution in [0.2, 0.25) is 0 Å². The molecule has 1 aromatic rings. The fourth-order valence-corrected chi connectivity index (χ4v) is 2.80. The molecule has 5 nitrogen and oxygen atoms in total. The smallest absolute Gasteiger partial charge is 0.231 e. The van der Waals surface area contributed by atoms with E-state index in [1.807, 2.05) is 12.1 Å². The van der Waals surface area contributed by atoms with E-state index < -0.39 is 0 Å². The highest BCUT2D eigenvalue weighted by Gasteiger charge is 2.40. The maximum atomic E-state index is 6.07. The molecule has 1 aromatic carbocycles. The molecule has 2 aliphatic heterocycles. The Morgan fingerprint density at radius 3 is 2.85 bits per heavy atom. The van der Waals surface area contributed by atoms with Crippen LogP contribution >= 0.6 is 0 Å². The topological polar surface area (TPSA) is 60.1 Å². The van der Waals surface area contributed by atoms with Gasteiger partial charge in [0.15, 0.2) is 17.5 Å². The Bertz CT molecular complexity index is 556. The third-order valence-electron chi connectivity index (χ3n) is 3.96. The molecule has 0 aliphatic carbocycles. The molecule has 5 heteroatoms. The predicted octanol–water partition coefficient (Wildman–Crippen LogP) is 1.92. The van der Waals surface area contributed by atoms with Crippen LogP contribution in [0.3, 0.4) is 0 Å². The van der Waals surface area contributed by atoms with Crippen LogP contribution < -0.4 is 15.2 Å². The van der Waals surface area contributed by atoms with Crippen LogP contribution in [0.1, 0.15) is 26.3 Å². The molecule has 0 saturated carbocycles. The number of rotatable bonds is 3. The Morgan fingerprint density at radius 1 is 1.35 bits per heavy atom. The first kappa shape index (κ1) is 13.1. The summed E-state index contributed by atoms with van der Waals surface area (Å²) in [5.74, 6) is 2.76. The number of hydrogen-bond donors (Lipinski definition) is 1. The van der Waals surface area contributed by atoms with Crippen molar-refractivity contribution >= 4 is 5.96 Å². The third kappa shape index (κ3) is 1.97. The largest absolute Gasteiger partial charge is 0.454 e. The van der Waals surface area contributed by atoms with E-state index in [2.05, 4.69) is 36.7 Å². The molecule has 0 radical (unpaired) electrons. The standard InChI is InChI=1S/C15H21N3O2/c1-10(2)7-18-14(16)17-8-15(18,3)11-4-5-12-13(6-11)20-9-19-12/h4-6,10H,7-9H2,1-3H3,(H2,16,17). The zero-order valence-electron chi connectivity index (χ0n) is 12.2. The first-order chi connectivity index (χ1) is 9.50. The SMILES string of the molecule is CC(C)CN1C(N)=NCC1(C)c1ccc2c(c1)OCO2. The van der Waals surface area contributed by atoms with Gasteiger partial charge in [-0.15, -0.1) is 0 Å². The van der Waals surface area contributed by atoms with Crippen molar-refractivity contribution in [1.29, 1.82) is 0 Å². The average molecular weight is 275 g/mol. The number of fused-ring (bicyclic) bond motifs is 1. The van der Waals surface area contributed by atoms with E-state index in [0.29, 0.717) is 25.2 Å². The highest BCUT2D eigenvalue weighted by molar-refractivity contribution is 5.81. The van der Waals surface area contributed by atoms with Gasteiger partial charge in [0.25, 0.3) is 0 Å². The molecule has 0 spiro atoms. The van der Waals surface area contributed by atoms with E-state index in [-0.39, 0.29) is 5.54 Å². The summed E-state index contributed by atoms with van der Waals surface area (Å²) in [4.78, 5) is 6.63. The van der Waals surface area contributed by atoms with Crippen LogP contribution in [-0.4, -0.2) is 30.7 Å². The highest BCUT2D eigenvalue weighted by Crippen LogP contribution is 2.39. The van der Waals surface area contributed by atoms with Gasteiger partial charge in [0.05, 0.1) is 12.1 Å². The van der Waals surface area contributed by atoms with Crippen LogP contribution in [0.25, 0.3) is 0 Å². The van der Waals surface area contributed by atoms with E-state index in [9.17, 15) is 0 Å². The number of benzene rings is 1. The Labute approximate surface area is 119 Å². The van der Waals surface area contributed by atoms with Gasteiger partial charge < -0.3 is 20.1 Å². The van der Waals surface area contributed by atoms with Crippen LogP contribution in [0.5, 0.6) is 11.5 Å². The van der Waals surface area contributed by atoms with Crippen LogP contribution in [0, 0.1) is 5.92 Å². The number of nitrogens with two attached hydrogens (primary N) is 1. The maximum Gasteiger partial charge on any atom is 0.231 e. The second kappa shape index (κ2) is 4.58. The number of hydrogen-bond acceptors (Lipinski definition) is 5. The molecule has 0 fully saturated rings. The molecular formula is C15H21N3O2. The van der Waals surface area contributed by atoms with E-state index in [4.69, 9.17) is 15.2 Å². The summed E-state index contributed by atoms with van der Waals surface area (Å²) in [6.45, 7) is 8.41. The molecule has 2 heterocycles.